The van der Waals surface area contributed by atoms with Crippen LogP contribution in [0.1, 0.15) is 46.0 Å². The predicted octanol–water partition coefficient (Wildman–Crippen LogP) is 1.37. The summed E-state index contributed by atoms with van der Waals surface area (Å²) in [6.07, 6.45) is 5.69. The minimum absolute atomic E-state index is 0.171. The third kappa shape index (κ3) is 3.89. The highest BCUT2D eigenvalue weighted by molar-refractivity contribution is 5.79. The molecule has 0 aromatic rings. The van der Waals surface area contributed by atoms with E-state index in [2.05, 4.69) is 24.1 Å². The number of fused-ring (bicyclic) bond motifs is 2. The summed E-state index contributed by atoms with van der Waals surface area (Å²) in [4.78, 5) is 15.2. The summed E-state index contributed by atoms with van der Waals surface area (Å²) in [6, 6.07) is 0.863. The van der Waals surface area contributed by atoms with Crippen molar-refractivity contribution in [2.45, 2.75) is 64.1 Å². The zero-order chi connectivity index (χ0) is 16.4. The monoisotopic (exact) mass is 323 g/mol. The fourth-order valence-corrected chi connectivity index (χ4v) is 4.77. The molecule has 2 saturated carbocycles. The fraction of sp³-hybridized carbons (Fsp3) is 0.944. The van der Waals surface area contributed by atoms with Crippen molar-refractivity contribution < 1.29 is 9.53 Å². The number of rotatable bonds is 4. The van der Waals surface area contributed by atoms with Crippen LogP contribution in [0.2, 0.25) is 0 Å². The van der Waals surface area contributed by atoms with Gasteiger partial charge in [0.1, 0.15) is 0 Å². The number of ether oxygens (including phenoxy) is 1. The van der Waals surface area contributed by atoms with E-state index >= 15 is 0 Å². The second-order valence-electron chi connectivity index (χ2n) is 7.88. The van der Waals surface area contributed by atoms with Crippen molar-refractivity contribution >= 4 is 5.91 Å². The quantitative estimate of drug-likeness (QED) is 0.820. The van der Waals surface area contributed by atoms with Gasteiger partial charge in [-0.15, -0.1) is 0 Å². The second-order valence-corrected chi connectivity index (χ2v) is 7.88. The molecular formula is C18H33N3O2. The number of nitrogens with one attached hydrogen (secondary N) is 1. The van der Waals surface area contributed by atoms with E-state index in [9.17, 15) is 4.79 Å². The summed E-state index contributed by atoms with van der Waals surface area (Å²) in [5, 5.41) is 3.29. The summed E-state index contributed by atoms with van der Waals surface area (Å²) < 4.78 is 5.42. The minimum atomic E-state index is 0.171. The summed E-state index contributed by atoms with van der Waals surface area (Å²) in [7, 11) is 0. The second kappa shape index (κ2) is 7.49. The van der Waals surface area contributed by atoms with Crippen LogP contribution >= 0.6 is 0 Å². The number of carbonyl (C=O) groups is 1. The molecule has 3 fully saturated rings. The number of nitrogens with two attached hydrogens (primary N) is 1. The van der Waals surface area contributed by atoms with Crippen LogP contribution in [0.4, 0.5) is 0 Å². The summed E-state index contributed by atoms with van der Waals surface area (Å²) in [6.45, 7) is 7.87. The van der Waals surface area contributed by atoms with Crippen molar-refractivity contribution in [3.8, 4) is 0 Å². The smallest absolute Gasteiger partial charge is 0.223 e. The normalized spacial score (nSPS) is 37.9. The third-order valence-electron chi connectivity index (χ3n) is 6.50. The van der Waals surface area contributed by atoms with Gasteiger partial charge in [-0.2, -0.15) is 0 Å². The highest BCUT2D eigenvalue weighted by atomic mass is 16.5. The van der Waals surface area contributed by atoms with Gasteiger partial charge < -0.3 is 15.8 Å². The lowest BCUT2D eigenvalue weighted by Crippen LogP contribution is -2.54. The van der Waals surface area contributed by atoms with Crippen molar-refractivity contribution in [2.75, 3.05) is 26.3 Å². The van der Waals surface area contributed by atoms with Crippen LogP contribution in [0.25, 0.3) is 0 Å². The SMILES string of the molecule is CC(NC(=O)C1CC2CCCC(C1)C2N)C(C)N1CCOCC1. The Balaban J connectivity index is 1.52. The van der Waals surface area contributed by atoms with Gasteiger partial charge >= 0.3 is 0 Å². The zero-order valence-corrected chi connectivity index (χ0v) is 14.7. The van der Waals surface area contributed by atoms with Crippen LogP contribution in [0.15, 0.2) is 0 Å². The molecule has 2 bridgehead atoms. The Morgan fingerprint density at radius 1 is 1.17 bits per heavy atom. The first-order valence-corrected chi connectivity index (χ1v) is 9.44. The number of morpholine rings is 1. The maximum atomic E-state index is 12.7. The van der Waals surface area contributed by atoms with Crippen molar-refractivity contribution in [1.29, 1.82) is 0 Å². The van der Waals surface area contributed by atoms with Crippen molar-refractivity contribution in [3.05, 3.63) is 0 Å². The zero-order valence-electron chi connectivity index (χ0n) is 14.7. The van der Waals surface area contributed by atoms with Gasteiger partial charge in [0.15, 0.2) is 0 Å². The Morgan fingerprint density at radius 3 is 2.39 bits per heavy atom. The number of nitrogens with zero attached hydrogens (tertiary/aromatic N) is 1. The maximum absolute atomic E-state index is 12.7. The van der Waals surface area contributed by atoms with Crippen molar-refractivity contribution in [1.82, 2.24) is 10.2 Å². The predicted molar refractivity (Wildman–Crippen MR) is 91.0 cm³/mol. The molecule has 1 heterocycles. The summed E-state index contributed by atoms with van der Waals surface area (Å²) in [5.74, 6) is 1.54. The minimum Gasteiger partial charge on any atom is -0.379 e. The highest BCUT2D eigenvalue weighted by Crippen LogP contribution is 2.41. The molecule has 23 heavy (non-hydrogen) atoms. The number of hydrogen-bond acceptors (Lipinski definition) is 4. The first-order chi connectivity index (χ1) is 11.1. The molecule has 3 rings (SSSR count). The van der Waals surface area contributed by atoms with E-state index in [-0.39, 0.29) is 17.9 Å². The van der Waals surface area contributed by atoms with Gasteiger partial charge in [-0.25, -0.2) is 0 Å². The molecule has 0 aromatic carbocycles. The third-order valence-corrected chi connectivity index (χ3v) is 6.50. The van der Waals surface area contributed by atoms with Crippen molar-refractivity contribution in [2.24, 2.45) is 23.5 Å². The average Bonchev–Trinajstić information content (AvgIpc) is 2.54. The van der Waals surface area contributed by atoms with Crippen molar-refractivity contribution in [3.63, 3.8) is 0 Å². The lowest BCUT2D eigenvalue weighted by molar-refractivity contribution is -0.129. The topological polar surface area (TPSA) is 67.6 Å². The molecule has 3 N–H and O–H groups in total. The first kappa shape index (κ1) is 17.2. The van der Waals surface area contributed by atoms with Gasteiger partial charge in [-0.1, -0.05) is 6.42 Å². The molecule has 4 atom stereocenters. The van der Waals surface area contributed by atoms with E-state index in [1.54, 1.807) is 0 Å². The Morgan fingerprint density at radius 2 is 1.78 bits per heavy atom. The molecule has 5 heteroatoms. The van der Waals surface area contributed by atoms with E-state index < -0.39 is 0 Å². The molecule has 1 saturated heterocycles. The number of carbonyl (C=O) groups excluding carboxylic acids is 1. The van der Waals surface area contributed by atoms with Gasteiger partial charge in [0.2, 0.25) is 5.91 Å². The standard InChI is InChI=1S/C18H33N3O2/c1-12(13(2)21-6-8-23-9-7-21)20-18(22)16-10-14-4-3-5-15(11-16)17(14)19/h12-17H,3-11,19H2,1-2H3,(H,20,22). The summed E-state index contributed by atoms with van der Waals surface area (Å²) >= 11 is 0. The molecule has 0 spiro atoms. The van der Waals surface area contributed by atoms with E-state index in [4.69, 9.17) is 10.5 Å². The van der Waals surface area contributed by atoms with Crippen LogP contribution < -0.4 is 11.1 Å². The Labute approximate surface area is 140 Å². The number of hydrogen-bond donors (Lipinski definition) is 2. The first-order valence-electron chi connectivity index (χ1n) is 9.44. The molecule has 3 aliphatic rings. The van der Waals surface area contributed by atoms with Crippen LogP contribution in [-0.2, 0) is 9.53 Å². The van der Waals surface area contributed by atoms with Gasteiger partial charge in [0.25, 0.3) is 0 Å². The van der Waals surface area contributed by atoms with Gasteiger partial charge in [0, 0.05) is 37.1 Å². The van der Waals surface area contributed by atoms with Crippen LogP contribution in [-0.4, -0.2) is 55.2 Å². The summed E-state index contributed by atoms with van der Waals surface area (Å²) in [5.41, 5.74) is 6.34. The van der Waals surface area contributed by atoms with E-state index in [1.807, 2.05) is 0 Å². The molecule has 132 valence electrons. The Bertz CT molecular complexity index is 397. The maximum Gasteiger partial charge on any atom is 0.223 e. The fourth-order valence-electron chi connectivity index (χ4n) is 4.77. The highest BCUT2D eigenvalue weighted by Gasteiger charge is 2.40. The number of amides is 1. The van der Waals surface area contributed by atoms with Crippen LogP contribution in [0, 0.1) is 17.8 Å². The van der Waals surface area contributed by atoms with Gasteiger partial charge in [-0.3, -0.25) is 9.69 Å². The Kier molecular flexibility index (Phi) is 5.60. The molecule has 5 nitrogen and oxygen atoms in total. The van der Waals surface area contributed by atoms with Gasteiger partial charge in [0.05, 0.1) is 13.2 Å². The van der Waals surface area contributed by atoms with Gasteiger partial charge in [-0.05, 0) is 51.4 Å². The molecular weight excluding hydrogens is 290 g/mol. The van der Waals surface area contributed by atoms with E-state index in [0.717, 1.165) is 39.1 Å². The molecule has 1 amide bonds. The molecule has 2 aliphatic carbocycles. The van der Waals surface area contributed by atoms with Crippen LogP contribution in [0.3, 0.4) is 0 Å². The molecule has 4 unspecified atom stereocenters. The lowest BCUT2D eigenvalue weighted by Gasteiger charge is -2.44. The van der Waals surface area contributed by atoms with E-state index in [1.165, 1.54) is 19.3 Å². The molecule has 1 aliphatic heterocycles. The largest absolute Gasteiger partial charge is 0.379 e. The lowest BCUT2D eigenvalue weighted by atomic mass is 9.65. The Hall–Kier alpha value is -0.650. The molecule has 0 radical (unpaired) electrons. The average molecular weight is 323 g/mol. The van der Waals surface area contributed by atoms with Crippen LogP contribution in [0.5, 0.6) is 0 Å². The van der Waals surface area contributed by atoms with E-state index in [0.29, 0.717) is 23.9 Å². The molecule has 0 aromatic heterocycles.